The Labute approximate surface area is 157 Å². The van der Waals surface area contributed by atoms with Crippen LogP contribution in [0.15, 0.2) is 42.5 Å². The first-order chi connectivity index (χ1) is 12.9. The normalized spacial score (nSPS) is 9.59. The first-order valence-electron chi connectivity index (χ1n) is 7.92. The number of methoxy groups -OCH3 is 3. The topological polar surface area (TPSA) is 114 Å². The van der Waals surface area contributed by atoms with Crippen LogP contribution < -0.4 is 19.5 Å². The molecule has 8 heteroatoms. The molecule has 27 heavy (non-hydrogen) atoms. The summed E-state index contributed by atoms with van der Waals surface area (Å²) in [4.78, 5) is 18.2. The first-order valence-corrected chi connectivity index (χ1v) is 7.92. The maximum absolute atomic E-state index is 9.10. The monoisotopic (exact) mass is 377 g/mol. The average molecular weight is 377 g/mol. The lowest BCUT2D eigenvalue weighted by Gasteiger charge is -2.14. The van der Waals surface area contributed by atoms with Gasteiger partial charge in [0.2, 0.25) is 0 Å². The highest BCUT2D eigenvalue weighted by atomic mass is 16.5. The van der Waals surface area contributed by atoms with E-state index in [-0.39, 0.29) is 0 Å². The van der Waals surface area contributed by atoms with Gasteiger partial charge in [0, 0.05) is 24.7 Å². The van der Waals surface area contributed by atoms with E-state index in [1.807, 2.05) is 30.3 Å². The van der Waals surface area contributed by atoms with E-state index in [2.05, 4.69) is 17.4 Å². The molecule has 0 unspecified atom stereocenters. The predicted octanol–water partition coefficient (Wildman–Crippen LogP) is 2.16. The standard InChI is InChI=1S/C17H21NO3.C2H2O4/c1-19-15-10-17(21-3)16(20-2)9-14(15)12-18-11-13-7-5-4-6-8-13;3-1(4)2(5)6/h4-10,18H,11-12H2,1-3H3;(H,3,4)(H,5,6). The van der Waals surface area contributed by atoms with Gasteiger partial charge in [-0.25, -0.2) is 9.59 Å². The van der Waals surface area contributed by atoms with E-state index in [1.54, 1.807) is 21.3 Å². The fraction of sp³-hybridized carbons (Fsp3) is 0.263. The highest BCUT2D eigenvalue weighted by Crippen LogP contribution is 2.34. The van der Waals surface area contributed by atoms with Crippen molar-refractivity contribution in [3.05, 3.63) is 53.6 Å². The minimum absolute atomic E-state index is 0.668. The van der Waals surface area contributed by atoms with Crippen LogP contribution in [0.1, 0.15) is 11.1 Å². The van der Waals surface area contributed by atoms with Gasteiger partial charge in [0.05, 0.1) is 21.3 Å². The van der Waals surface area contributed by atoms with E-state index >= 15 is 0 Å². The number of nitrogens with one attached hydrogen (secondary N) is 1. The summed E-state index contributed by atoms with van der Waals surface area (Å²) in [5.74, 6) is -1.49. The number of carboxylic acid groups (broad SMARTS) is 2. The summed E-state index contributed by atoms with van der Waals surface area (Å²) in [6.45, 7) is 1.50. The van der Waals surface area contributed by atoms with Crippen molar-refractivity contribution in [2.45, 2.75) is 13.1 Å². The molecular weight excluding hydrogens is 354 g/mol. The molecule has 0 bridgehead atoms. The fourth-order valence-electron chi connectivity index (χ4n) is 2.17. The number of rotatable bonds is 7. The third kappa shape index (κ3) is 7.25. The number of ether oxygens (including phenoxy) is 3. The molecule has 0 aliphatic heterocycles. The van der Waals surface area contributed by atoms with Gasteiger partial charge in [0.15, 0.2) is 11.5 Å². The minimum Gasteiger partial charge on any atom is -0.496 e. The highest BCUT2D eigenvalue weighted by molar-refractivity contribution is 6.27. The summed E-state index contributed by atoms with van der Waals surface area (Å²) < 4.78 is 16.0. The van der Waals surface area contributed by atoms with Crippen LogP contribution >= 0.6 is 0 Å². The number of hydrogen-bond donors (Lipinski definition) is 3. The lowest BCUT2D eigenvalue weighted by Crippen LogP contribution is -2.13. The van der Waals surface area contributed by atoms with Gasteiger partial charge in [-0.15, -0.1) is 0 Å². The second-order valence-electron chi connectivity index (χ2n) is 5.22. The molecule has 0 atom stereocenters. The van der Waals surface area contributed by atoms with Crippen LogP contribution in [0.25, 0.3) is 0 Å². The van der Waals surface area contributed by atoms with Gasteiger partial charge in [-0.05, 0) is 11.6 Å². The third-order valence-corrected chi connectivity index (χ3v) is 3.46. The molecule has 3 N–H and O–H groups in total. The number of hydrogen-bond acceptors (Lipinski definition) is 6. The Morgan fingerprint density at radius 2 is 1.33 bits per heavy atom. The van der Waals surface area contributed by atoms with Gasteiger partial charge >= 0.3 is 11.9 Å². The van der Waals surface area contributed by atoms with Crippen LogP contribution in [0.2, 0.25) is 0 Å². The zero-order chi connectivity index (χ0) is 20.2. The molecule has 0 saturated carbocycles. The second-order valence-corrected chi connectivity index (χ2v) is 5.22. The molecule has 0 amide bonds. The molecule has 0 aliphatic carbocycles. The summed E-state index contributed by atoms with van der Waals surface area (Å²) in [5, 5.41) is 18.2. The van der Waals surface area contributed by atoms with Crippen LogP contribution in [0.4, 0.5) is 0 Å². The van der Waals surface area contributed by atoms with Gasteiger partial charge in [-0.2, -0.15) is 0 Å². The minimum atomic E-state index is -1.82. The van der Waals surface area contributed by atoms with Gasteiger partial charge in [0.25, 0.3) is 0 Å². The molecule has 0 radical (unpaired) electrons. The Morgan fingerprint density at radius 3 is 1.81 bits per heavy atom. The van der Waals surface area contributed by atoms with Crippen molar-refractivity contribution in [2.24, 2.45) is 0 Å². The molecular formula is C19H23NO7. The number of carboxylic acids is 2. The van der Waals surface area contributed by atoms with E-state index < -0.39 is 11.9 Å². The molecule has 0 fully saturated rings. The summed E-state index contributed by atoms with van der Waals surface area (Å²) in [5.41, 5.74) is 2.28. The molecule has 2 aromatic rings. The Morgan fingerprint density at radius 1 is 0.815 bits per heavy atom. The van der Waals surface area contributed by atoms with Crippen molar-refractivity contribution in [2.75, 3.05) is 21.3 Å². The Hall–Kier alpha value is -3.26. The number of benzene rings is 2. The van der Waals surface area contributed by atoms with Gasteiger partial charge in [-0.3, -0.25) is 0 Å². The molecule has 0 aromatic heterocycles. The molecule has 2 rings (SSSR count). The van der Waals surface area contributed by atoms with E-state index in [1.165, 1.54) is 5.56 Å². The quantitative estimate of drug-likeness (QED) is 0.629. The summed E-state index contributed by atoms with van der Waals surface area (Å²) in [6, 6.07) is 14.1. The third-order valence-electron chi connectivity index (χ3n) is 3.46. The van der Waals surface area contributed by atoms with Crippen LogP contribution in [0, 0.1) is 0 Å². The first kappa shape index (κ1) is 21.8. The van der Waals surface area contributed by atoms with Crippen LogP contribution in [-0.4, -0.2) is 43.5 Å². The zero-order valence-corrected chi connectivity index (χ0v) is 15.4. The SMILES string of the molecule is COc1cc(OC)c(OC)cc1CNCc1ccccc1.O=C(O)C(=O)O. The molecule has 0 saturated heterocycles. The van der Waals surface area contributed by atoms with E-state index in [0.717, 1.165) is 17.9 Å². The van der Waals surface area contributed by atoms with Crippen molar-refractivity contribution in [1.82, 2.24) is 5.32 Å². The lowest BCUT2D eigenvalue weighted by atomic mass is 10.1. The van der Waals surface area contributed by atoms with Gasteiger partial charge < -0.3 is 29.7 Å². The fourth-order valence-corrected chi connectivity index (χ4v) is 2.17. The summed E-state index contributed by atoms with van der Waals surface area (Å²) in [7, 11) is 4.90. The van der Waals surface area contributed by atoms with Gasteiger partial charge in [0.1, 0.15) is 5.75 Å². The maximum atomic E-state index is 9.10. The van der Waals surface area contributed by atoms with Crippen molar-refractivity contribution in [3.63, 3.8) is 0 Å². The largest absolute Gasteiger partial charge is 0.496 e. The van der Waals surface area contributed by atoms with Crippen molar-refractivity contribution < 1.29 is 34.0 Å². The van der Waals surface area contributed by atoms with Crippen LogP contribution in [0.5, 0.6) is 17.2 Å². The molecule has 0 aliphatic rings. The average Bonchev–Trinajstić information content (AvgIpc) is 2.68. The second kappa shape index (κ2) is 11.4. The van der Waals surface area contributed by atoms with E-state index in [4.69, 9.17) is 34.0 Å². The van der Waals surface area contributed by atoms with E-state index in [9.17, 15) is 0 Å². The Balaban J connectivity index is 0.000000527. The van der Waals surface area contributed by atoms with Crippen LogP contribution in [-0.2, 0) is 22.7 Å². The number of carbonyl (C=O) groups is 2. The summed E-state index contributed by atoms with van der Waals surface area (Å²) in [6.07, 6.45) is 0. The molecule has 8 nitrogen and oxygen atoms in total. The number of aliphatic carboxylic acids is 2. The molecule has 146 valence electrons. The summed E-state index contributed by atoms with van der Waals surface area (Å²) >= 11 is 0. The van der Waals surface area contributed by atoms with Crippen molar-refractivity contribution in [1.29, 1.82) is 0 Å². The molecule has 0 spiro atoms. The molecule has 2 aromatic carbocycles. The van der Waals surface area contributed by atoms with Crippen LogP contribution in [0.3, 0.4) is 0 Å². The van der Waals surface area contributed by atoms with E-state index in [0.29, 0.717) is 18.0 Å². The van der Waals surface area contributed by atoms with Crippen molar-refractivity contribution in [3.8, 4) is 17.2 Å². The maximum Gasteiger partial charge on any atom is 0.414 e. The van der Waals surface area contributed by atoms with Crippen molar-refractivity contribution >= 4 is 11.9 Å². The smallest absolute Gasteiger partial charge is 0.414 e. The zero-order valence-electron chi connectivity index (χ0n) is 15.4. The predicted molar refractivity (Wildman–Crippen MR) is 98.4 cm³/mol. The highest BCUT2D eigenvalue weighted by Gasteiger charge is 2.11. The Kier molecular flexibility index (Phi) is 9.18. The molecule has 0 heterocycles. The Bertz CT molecular complexity index is 735. The lowest BCUT2D eigenvalue weighted by molar-refractivity contribution is -0.159. The van der Waals surface area contributed by atoms with Gasteiger partial charge in [-0.1, -0.05) is 30.3 Å².